The van der Waals surface area contributed by atoms with Crippen LogP contribution in [0.1, 0.15) is 11.1 Å². The Bertz CT molecular complexity index is 1000. The predicted molar refractivity (Wildman–Crippen MR) is 119 cm³/mol. The van der Waals surface area contributed by atoms with E-state index >= 15 is 0 Å². The van der Waals surface area contributed by atoms with Crippen molar-refractivity contribution in [2.45, 2.75) is 6.61 Å². The van der Waals surface area contributed by atoms with Crippen LogP contribution in [0.25, 0.3) is 6.08 Å². The Balaban J connectivity index is 1.77. The Hall–Kier alpha value is -2.11. The molecule has 7 nitrogen and oxygen atoms in total. The first-order chi connectivity index (χ1) is 13.7. The minimum absolute atomic E-state index is 0.0354. The summed E-state index contributed by atoms with van der Waals surface area (Å²) in [6.45, 7) is -0.383. The number of carboxylic acid groups (broad SMARTS) is 1. The second kappa shape index (κ2) is 9.14. The predicted octanol–water partition coefficient (Wildman–Crippen LogP) is 4.26. The number of nitrogens with zero attached hydrogens (tertiary/aromatic N) is 1. The monoisotopic (exact) mass is 590 g/mol. The van der Waals surface area contributed by atoms with E-state index in [1.165, 1.54) is 6.08 Å². The van der Waals surface area contributed by atoms with Gasteiger partial charge in [-0.2, -0.15) is 0 Å². The lowest BCUT2D eigenvalue weighted by molar-refractivity contribution is -0.140. The van der Waals surface area contributed by atoms with Crippen LogP contribution in [-0.4, -0.2) is 34.5 Å². The lowest BCUT2D eigenvalue weighted by atomic mass is 10.1. The van der Waals surface area contributed by atoms with Gasteiger partial charge in [-0.05, 0) is 80.0 Å². The standard InChI is InChI=1S/C19H13BrClIN2O5/c20-13-5-11(7-15-18(27)24(8-16(25)26)19(28)23-15)6-14(21)17(13)29-9-10-1-3-12(22)4-2-10/h1-7H,8-9H2,(H,23,28)(H,25,26)/b15-7+. The number of aliphatic carboxylic acids is 1. The Kier molecular flexibility index (Phi) is 6.81. The van der Waals surface area contributed by atoms with E-state index in [1.54, 1.807) is 12.1 Å². The number of carbonyl (C=O) groups is 3. The minimum Gasteiger partial charge on any atom is -0.486 e. The van der Waals surface area contributed by atoms with Crippen LogP contribution in [0.15, 0.2) is 46.6 Å². The third-order valence-electron chi connectivity index (χ3n) is 3.88. The molecule has 0 unspecified atom stereocenters. The van der Waals surface area contributed by atoms with Gasteiger partial charge in [-0.15, -0.1) is 0 Å². The fourth-order valence-corrected chi connectivity index (χ4v) is 3.90. The second-order valence-electron chi connectivity index (χ2n) is 6.00. The number of urea groups is 1. The normalized spacial score (nSPS) is 15.0. The van der Waals surface area contributed by atoms with Crippen molar-refractivity contribution in [3.8, 4) is 5.75 Å². The van der Waals surface area contributed by atoms with E-state index in [9.17, 15) is 14.4 Å². The number of imide groups is 1. The Morgan fingerprint density at radius 1 is 1.28 bits per heavy atom. The van der Waals surface area contributed by atoms with Gasteiger partial charge in [0.15, 0.2) is 5.75 Å². The first-order valence-corrected chi connectivity index (χ1v) is 10.4. The molecule has 0 aliphatic carbocycles. The molecular formula is C19H13BrClIN2O5. The van der Waals surface area contributed by atoms with Crippen molar-refractivity contribution in [1.29, 1.82) is 0 Å². The Morgan fingerprint density at radius 2 is 1.97 bits per heavy atom. The number of halogens is 3. The minimum atomic E-state index is -1.28. The molecule has 10 heteroatoms. The van der Waals surface area contributed by atoms with Crippen LogP contribution >= 0.6 is 50.1 Å². The van der Waals surface area contributed by atoms with Gasteiger partial charge in [0.25, 0.3) is 5.91 Å². The molecule has 1 fully saturated rings. The molecule has 2 aromatic rings. The summed E-state index contributed by atoms with van der Waals surface area (Å²) in [5.41, 5.74) is 1.48. The lowest BCUT2D eigenvalue weighted by Crippen LogP contribution is -2.35. The molecule has 3 rings (SSSR count). The summed E-state index contributed by atoms with van der Waals surface area (Å²) in [5, 5.41) is 11.5. The van der Waals surface area contributed by atoms with Gasteiger partial charge in [0.2, 0.25) is 0 Å². The van der Waals surface area contributed by atoms with Crippen molar-refractivity contribution >= 4 is 74.1 Å². The SMILES string of the molecule is O=C(O)CN1C(=O)N/C(=C/c2cc(Cl)c(OCc3ccc(I)cc3)c(Br)c2)C1=O. The molecule has 2 aromatic carbocycles. The lowest BCUT2D eigenvalue weighted by Gasteiger charge is -2.11. The molecule has 0 saturated carbocycles. The maximum atomic E-state index is 12.2. The van der Waals surface area contributed by atoms with E-state index in [4.69, 9.17) is 21.4 Å². The molecule has 0 spiro atoms. The van der Waals surface area contributed by atoms with Crippen LogP contribution in [0.2, 0.25) is 5.02 Å². The molecule has 0 radical (unpaired) electrons. The molecule has 1 saturated heterocycles. The molecular weight excluding hydrogens is 578 g/mol. The molecule has 29 heavy (non-hydrogen) atoms. The maximum absolute atomic E-state index is 12.2. The fraction of sp³-hybridized carbons (Fsp3) is 0.105. The van der Waals surface area contributed by atoms with Crippen molar-refractivity contribution in [2.75, 3.05) is 6.54 Å². The fourth-order valence-electron chi connectivity index (χ4n) is 2.55. The van der Waals surface area contributed by atoms with E-state index in [0.717, 1.165) is 9.13 Å². The number of amides is 3. The largest absolute Gasteiger partial charge is 0.486 e. The van der Waals surface area contributed by atoms with Crippen LogP contribution < -0.4 is 10.1 Å². The first kappa shape index (κ1) is 21.6. The van der Waals surface area contributed by atoms with Crippen LogP contribution in [0.4, 0.5) is 4.79 Å². The molecule has 1 aliphatic heterocycles. The van der Waals surface area contributed by atoms with E-state index in [1.807, 2.05) is 24.3 Å². The van der Waals surface area contributed by atoms with E-state index < -0.39 is 24.5 Å². The van der Waals surface area contributed by atoms with Crippen molar-refractivity contribution in [2.24, 2.45) is 0 Å². The summed E-state index contributed by atoms with van der Waals surface area (Å²) in [6.07, 6.45) is 1.42. The molecule has 1 heterocycles. The van der Waals surface area contributed by atoms with Crippen LogP contribution in [-0.2, 0) is 16.2 Å². The van der Waals surface area contributed by atoms with Gasteiger partial charge >= 0.3 is 12.0 Å². The second-order valence-corrected chi connectivity index (χ2v) is 8.51. The molecule has 0 aromatic heterocycles. The summed E-state index contributed by atoms with van der Waals surface area (Å²) in [7, 11) is 0. The summed E-state index contributed by atoms with van der Waals surface area (Å²) in [4.78, 5) is 35.4. The molecule has 2 N–H and O–H groups in total. The third kappa shape index (κ3) is 5.28. The van der Waals surface area contributed by atoms with Crippen LogP contribution in [0, 0.1) is 3.57 Å². The number of nitrogens with one attached hydrogen (secondary N) is 1. The Morgan fingerprint density at radius 3 is 2.59 bits per heavy atom. The summed E-state index contributed by atoms with van der Waals surface area (Å²) in [5.74, 6) is -1.56. The maximum Gasteiger partial charge on any atom is 0.329 e. The number of carbonyl (C=O) groups excluding carboxylic acids is 2. The zero-order valence-electron chi connectivity index (χ0n) is 14.6. The average molecular weight is 592 g/mol. The quantitative estimate of drug-likeness (QED) is 0.298. The van der Waals surface area contributed by atoms with Gasteiger partial charge in [-0.3, -0.25) is 9.59 Å². The van der Waals surface area contributed by atoms with Gasteiger partial charge in [0.05, 0.1) is 9.50 Å². The zero-order chi connectivity index (χ0) is 21.1. The van der Waals surface area contributed by atoms with Crippen molar-refractivity contribution in [1.82, 2.24) is 10.2 Å². The van der Waals surface area contributed by atoms with Crippen LogP contribution in [0.5, 0.6) is 5.75 Å². The van der Waals surface area contributed by atoms with Crippen molar-refractivity contribution < 1.29 is 24.2 Å². The molecule has 150 valence electrons. The highest BCUT2D eigenvalue weighted by Gasteiger charge is 2.34. The number of rotatable bonds is 6. The van der Waals surface area contributed by atoms with E-state index in [2.05, 4.69) is 43.8 Å². The van der Waals surface area contributed by atoms with E-state index in [-0.39, 0.29) is 5.70 Å². The summed E-state index contributed by atoms with van der Waals surface area (Å²) in [6, 6.07) is 10.4. The highest BCUT2D eigenvalue weighted by atomic mass is 127. The van der Waals surface area contributed by atoms with Gasteiger partial charge in [-0.1, -0.05) is 23.7 Å². The molecule has 0 bridgehead atoms. The summed E-state index contributed by atoms with van der Waals surface area (Å²) >= 11 is 12.0. The number of hydrogen-bond acceptors (Lipinski definition) is 4. The number of benzene rings is 2. The molecule has 3 amide bonds. The average Bonchev–Trinajstić information content (AvgIpc) is 2.89. The smallest absolute Gasteiger partial charge is 0.329 e. The molecule has 1 aliphatic rings. The number of ether oxygens (including phenoxy) is 1. The zero-order valence-corrected chi connectivity index (χ0v) is 19.1. The third-order valence-corrected chi connectivity index (χ3v) is 5.47. The topological polar surface area (TPSA) is 95.9 Å². The number of hydrogen-bond donors (Lipinski definition) is 2. The number of carboxylic acids is 1. The van der Waals surface area contributed by atoms with Crippen molar-refractivity contribution in [3.63, 3.8) is 0 Å². The van der Waals surface area contributed by atoms with Crippen LogP contribution in [0.3, 0.4) is 0 Å². The van der Waals surface area contributed by atoms with Gasteiger partial charge in [0.1, 0.15) is 18.8 Å². The van der Waals surface area contributed by atoms with Crippen molar-refractivity contribution in [3.05, 3.63) is 66.3 Å². The highest BCUT2D eigenvalue weighted by molar-refractivity contribution is 14.1. The first-order valence-electron chi connectivity index (χ1n) is 8.17. The highest BCUT2D eigenvalue weighted by Crippen LogP contribution is 2.36. The van der Waals surface area contributed by atoms with Gasteiger partial charge in [0, 0.05) is 3.57 Å². The van der Waals surface area contributed by atoms with Gasteiger partial charge in [-0.25, -0.2) is 9.69 Å². The molecule has 0 atom stereocenters. The Labute approximate surface area is 192 Å². The van der Waals surface area contributed by atoms with Gasteiger partial charge < -0.3 is 15.2 Å². The van der Waals surface area contributed by atoms with E-state index in [0.29, 0.717) is 32.3 Å². The summed E-state index contributed by atoms with van der Waals surface area (Å²) < 4.78 is 7.50.